The van der Waals surface area contributed by atoms with Crippen LogP contribution >= 0.6 is 23.2 Å². The van der Waals surface area contributed by atoms with Gasteiger partial charge in [0.25, 0.3) is 0 Å². The van der Waals surface area contributed by atoms with Gasteiger partial charge >= 0.3 is 0 Å². The predicted octanol–water partition coefficient (Wildman–Crippen LogP) is 1.77. The molecule has 0 aliphatic heterocycles. The summed E-state index contributed by atoms with van der Waals surface area (Å²) in [7, 11) is 0. The summed E-state index contributed by atoms with van der Waals surface area (Å²) in [5.74, 6) is -0.737. The first-order valence-electron chi connectivity index (χ1n) is 2.96. The molecule has 0 radical (unpaired) electrons. The zero-order valence-corrected chi connectivity index (χ0v) is 7.26. The summed E-state index contributed by atoms with van der Waals surface area (Å²) in [6.07, 6.45) is 0.162. The van der Waals surface area contributed by atoms with Gasteiger partial charge in [0.1, 0.15) is 10.8 Å². The van der Waals surface area contributed by atoms with Crippen LogP contribution in [0.25, 0.3) is 0 Å². The Labute approximate surface area is 78.3 Å². The van der Waals surface area contributed by atoms with Gasteiger partial charge in [-0.1, -0.05) is 23.2 Å². The molecule has 12 heavy (non-hydrogen) atoms. The second-order valence-corrected chi connectivity index (χ2v) is 2.80. The van der Waals surface area contributed by atoms with Crippen molar-refractivity contribution in [2.24, 2.45) is 0 Å². The number of aromatic nitrogens is 1. The second kappa shape index (κ2) is 3.65. The SMILES string of the molecule is O=CC(=O)c1cc(Cl)cc(Cl)n1. The first kappa shape index (κ1) is 9.16. The van der Waals surface area contributed by atoms with Crippen LogP contribution in [-0.4, -0.2) is 17.1 Å². The van der Waals surface area contributed by atoms with E-state index in [0.29, 0.717) is 0 Å². The minimum atomic E-state index is -0.737. The maximum atomic E-state index is 10.8. The molecule has 0 saturated heterocycles. The lowest BCUT2D eigenvalue weighted by Gasteiger charge is -1.95. The van der Waals surface area contributed by atoms with Crippen LogP contribution in [0.4, 0.5) is 0 Å². The third-order valence-electron chi connectivity index (χ3n) is 1.12. The molecule has 1 heterocycles. The van der Waals surface area contributed by atoms with Crippen LogP contribution in [0.15, 0.2) is 12.1 Å². The number of carbonyl (C=O) groups is 2. The van der Waals surface area contributed by atoms with E-state index in [2.05, 4.69) is 4.98 Å². The number of rotatable bonds is 2. The fraction of sp³-hybridized carbons (Fsp3) is 0. The molecule has 3 nitrogen and oxygen atoms in total. The average Bonchev–Trinajstić information content (AvgIpc) is 2.01. The summed E-state index contributed by atoms with van der Waals surface area (Å²) in [6, 6.07) is 2.66. The highest BCUT2D eigenvalue weighted by Crippen LogP contribution is 2.15. The highest BCUT2D eigenvalue weighted by molar-refractivity contribution is 6.37. The second-order valence-electron chi connectivity index (χ2n) is 1.98. The molecule has 1 aromatic heterocycles. The van der Waals surface area contributed by atoms with E-state index in [1.54, 1.807) is 0 Å². The van der Waals surface area contributed by atoms with Crippen LogP contribution in [0.5, 0.6) is 0 Å². The van der Waals surface area contributed by atoms with Gasteiger partial charge in [-0.05, 0) is 12.1 Å². The molecular weight excluding hydrogens is 201 g/mol. The van der Waals surface area contributed by atoms with Crippen molar-refractivity contribution in [1.82, 2.24) is 4.98 Å². The lowest BCUT2D eigenvalue weighted by molar-refractivity contribution is -0.104. The summed E-state index contributed by atoms with van der Waals surface area (Å²) in [6.45, 7) is 0. The molecule has 0 bridgehead atoms. The monoisotopic (exact) mass is 203 g/mol. The Kier molecular flexibility index (Phi) is 2.78. The van der Waals surface area contributed by atoms with E-state index < -0.39 is 5.78 Å². The molecule has 0 N–H and O–H groups in total. The lowest BCUT2D eigenvalue weighted by atomic mass is 10.3. The zero-order valence-electron chi connectivity index (χ0n) is 5.75. The number of hydrogen-bond acceptors (Lipinski definition) is 3. The van der Waals surface area contributed by atoms with Crippen molar-refractivity contribution in [3.8, 4) is 0 Å². The molecule has 0 saturated carbocycles. The molecule has 1 rings (SSSR count). The van der Waals surface area contributed by atoms with E-state index in [9.17, 15) is 9.59 Å². The maximum Gasteiger partial charge on any atom is 0.243 e. The molecule has 0 unspecified atom stereocenters. The van der Waals surface area contributed by atoms with Crippen molar-refractivity contribution in [1.29, 1.82) is 0 Å². The van der Waals surface area contributed by atoms with Gasteiger partial charge in [-0.15, -0.1) is 0 Å². The number of aldehydes is 1. The van der Waals surface area contributed by atoms with Gasteiger partial charge in [0.15, 0.2) is 6.29 Å². The Morgan fingerprint density at radius 2 is 2.08 bits per heavy atom. The molecule has 62 valence electrons. The van der Waals surface area contributed by atoms with Crippen molar-refractivity contribution in [3.05, 3.63) is 28.0 Å². The Morgan fingerprint density at radius 3 is 2.58 bits per heavy atom. The van der Waals surface area contributed by atoms with Crippen LogP contribution in [0.1, 0.15) is 10.5 Å². The summed E-state index contributed by atoms with van der Waals surface area (Å²) < 4.78 is 0. The summed E-state index contributed by atoms with van der Waals surface area (Å²) in [4.78, 5) is 24.4. The molecule has 0 atom stereocenters. The van der Waals surface area contributed by atoms with Crippen molar-refractivity contribution in [2.75, 3.05) is 0 Å². The molecule has 0 fully saturated rings. The molecule has 0 spiro atoms. The Hall–Kier alpha value is -0.930. The topological polar surface area (TPSA) is 47.0 Å². The van der Waals surface area contributed by atoms with Crippen LogP contribution < -0.4 is 0 Å². The zero-order chi connectivity index (χ0) is 9.14. The first-order valence-corrected chi connectivity index (χ1v) is 3.71. The smallest absolute Gasteiger partial charge is 0.243 e. The van der Waals surface area contributed by atoms with Gasteiger partial charge < -0.3 is 0 Å². The molecular formula is C7H3Cl2NO2. The number of halogens is 2. The highest BCUT2D eigenvalue weighted by Gasteiger charge is 2.07. The predicted molar refractivity (Wildman–Crippen MR) is 44.7 cm³/mol. The molecule has 0 aliphatic rings. The van der Waals surface area contributed by atoms with Crippen LogP contribution in [0.3, 0.4) is 0 Å². The molecule has 1 aromatic rings. The van der Waals surface area contributed by atoms with Crippen LogP contribution in [-0.2, 0) is 4.79 Å². The van der Waals surface area contributed by atoms with Gasteiger partial charge in [0.2, 0.25) is 5.78 Å². The summed E-state index contributed by atoms with van der Waals surface area (Å²) >= 11 is 11.0. The summed E-state index contributed by atoms with van der Waals surface area (Å²) in [5.41, 5.74) is -0.0394. The van der Waals surface area contributed by atoms with Crippen LogP contribution in [0, 0.1) is 0 Å². The number of pyridine rings is 1. The largest absolute Gasteiger partial charge is 0.294 e. The molecule has 0 amide bonds. The third kappa shape index (κ3) is 2.03. The number of nitrogens with zero attached hydrogens (tertiary/aromatic N) is 1. The van der Waals surface area contributed by atoms with E-state index in [4.69, 9.17) is 23.2 Å². The van der Waals surface area contributed by atoms with Crippen molar-refractivity contribution >= 4 is 35.3 Å². The fourth-order valence-electron chi connectivity index (χ4n) is 0.652. The number of ketones is 1. The van der Waals surface area contributed by atoms with E-state index in [1.807, 2.05) is 0 Å². The third-order valence-corrected chi connectivity index (χ3v) is 1.53. The van der Waals surface area contributed by atoms with Gasteiger partial charge in [0.05, 0.1) is 0 Å². The van der Waals surface area contributed by atoms with Crippen molar-refractivity contribution in [2.45, 2.75) is 0 Å². The average molecular weight is 204 g/mol. The number of Topliss-reactive ketones (excluding diaryl/α,β-unsaturated/α-hetero) is 1. The molecule has 0 aromatic carbocycles. The van der Waals surface area contributed by atoms with E-state index in [-0.39, 0.29) is 22.2 Å². The minimum Gasteiger partial charge on any atom is -0.294 e. The molecule has 0 aliphatic carbocycles. The fourth-order valence-corrected chi connectivity index (χ4v) is 1.12. The first-order chi connectivity index (χ1) is 5.63. The standard InChI is InChI=1S/C7H3Cl2NO2/c8-4-1-5(6(12)3-11)10-7(9)2-4/h1-3H. The van der Waals surface area contributed by atoms with Crippen molar-refractivity contribution < 1.29 is 9.59 Å². The van der Waals surface area contributed by atoms with Crippen molar-refractivity contribution in [3.63, 3.8) is 0 Å². The van der Waals surface area contributed by atoms with Gasteiger partial charge in [-0.3, -0.25) is 9.59 Å². The Balaban J connectivity index is 3.17. The Bertz CT molecular complexity index is 318. The lowest BCUT2D eigenvalue weighted by Crippen LogP contribution is -2.02. The molecule has 5 heteroatoms. The van der Waals surface area contributed by atoms with E-state index >= 15 is 0 Å². The maximum absolute atomic E-state index is 10.8. The normalized spacial score (nSPS) is 9.50. The van der Waals surface area contributed by atoms with Crippen LogP contribution in [0.2, 0.25) is 10.2 Å². The number of hydrogen-bond donors (Lipinski definition) is 0. The quantitative estimate of drug-likeness (QED) is 0.319. The number of carbonyl (C=O) groups excluding carboxylic acids is 2. The summed E-state index contributed by atoms with van der Waals surface area (Å²) in [5, 5.41) is 0.368. The van der Waals surface area contributed by atoms with Gasteiger partial charge in [-0.25, -0.2) is 4.98 Å². The van der Waals surface area contributed by atoms with Gasteiger partial charge in [0, 0.05) is 5.02 Å². The Morgan fingerprint density at radius 1 is 1.42 bits per heavy atom. The van der Waals surface area contributed by atoms with E-state index in [0.717, 1.165) is 0 Å². The van der Waals surface area contributed by atoms with Gasteiger partial charge in [-0.2, -0.15) is 0 Å². The van der Waals surface area contributed by atoms with E-state index in [1.165, 1.54) is 12.1 Å². The highest BCUT2D eigenvalue weighted by atomic mass is 35.5. The minimum absolute atomic E-state index is 0.0394.